The maximum Gasteiger partial charge on any atom is 0.410 e. The van der Waals surface area contributed by atoms with Gasteiger partial charge in [-0.3, -0.25) is 0 Å². The van der Waals surface area contributed by atoms with Crippen LogP contribution in [0.15, 0.2) is 66.2 Å². The van der Waals surface area contributed by atoms with Crippen molar-refractivity contribution in [2.75, 3.05) is 13.1 Å². The van der Waals surface area contributed by atoms with E-state index in [2.05, 4.69) is 64.7 Å². The number of thiazole rings is 1. The minimum absolute atomic E-state index is 0.249. The normalized spacial score (nSPS) is 14.3. The number of hydrogen-bond donors (Lipinski definition) is 0. The number of aromatic nitrogens is 2. The van der Waals surface area contributed by atoms with Gasteiger partial charge in [0.2, 0.25) is 0 Å². The SMILES string of the molecule is Cc1csc(-c2ccc3c(c2)c(C2=CCN(C(=O)OC(C)(C)C)CC2)cn3Cc2ccccc2)n1. The Kier molecular flexibility index (Phi) is 6.24. The fourth-order valence-corrected chi connectivity index (χ4v) is 5.28. The van der Waals surface area contributed by atoms with Crippen LogP contribution in [0.4, 0.5) is 4.79 Å². The highest BCUT2D eigenvalue weighted by Crippen LogP contribution is 2.35. The topological polar surface area (TPSA) is 47.4 Å². The highest BCUT2D eigenvalue weighted by atomic mass is 32.1. The summed E-state index contributed by atoms with van der Waals surface area (Å²) in [6.45, 7) is 9.75. The van der Waals surface area contributed by atoms with E-state index >= 15 is 0 Å². The molecule has 0 fully saturated rings. The van der Waals surface area contributed by atoms with E-state index in [9.17, 15) is 4.79 Å². The van der Waals surface area contributed by atoms with Gasteiger partial charge in [0.05, 0.1) is 0 Å². The predicted octanol–water partition coefficient (Wildman–Crippen LogP) is 7.15. The summed E-state index contributed by atoms with van der Waals surface area (Å²) in [5.74, 6) is 0. The molecule has 3 heterocycles. The van der Waals surface area contributed by atoms with E-state index in [-0.39, 0.29) is 6.09 Å². The molecule has 2 aromatic carbocycles. The van der Waals surface area contributed by atoms with Crippen molar-refractivity contribution in [1.29, 1.82) is 0 Å². The summed E-state index contributed by atoms with van der Waals surface area (Å²) in [5.41, 5.74) is 6.67. The van der Waals surface area contributed by atoms with E-state index in [1.165, 1.54) is 27.6 Å². The standard InChI is InChI=1S/C29H31N3O2S/c1-20-19-35-27(30-20)23-10-11-26-24(16-23)25(18-32(26)17-21-8-6-5-7-9-21)22-12-14-31(15-13-22)28(33)34-29(2,3)4/h5-12,16,18-19H,13-15,17H2,1-4H3. The summed E-state index contributed by atoms with van der Waals surface area (Å²) in [6.07, 6.45) is 4.99. The lowest BCUT2D eigenvalue weighted by Crippen LogP contribution is -2.39. The van der Waals surface area contributed by atoms with Crippen LogP contribution < -0.4 is 0 Å². The highest BCUT2D eigenvalue weighted by Gasteiger charge is 2.25. The van der Waals surface area contributed by atoms with Crippen molar-refractivity contribution < 1.29 is 9.53 Å². The number of rotatable bonds is 4. The molecule has 0 aliphatic carbocycles. The van der Waals surface area contributed by atoms with Gasteiger partial charge >= 0.3 is 6.09 Å². The highest BCUT2D eigenvalue weighted by molar-refractivity contribution is 7.13. The second-order valence-electron chi connectivity index (χ2n) is 10.1. The summed E-state index contributed by atoms with van der Waals surface area (Å²) in [7, 11) is 0. The molecule has 6 heteroatoms. The second-order valence-corrected chi connectivity index (χ2v) is 10.9. The van der Waals surface area contributed by atoms with Crippen LogP contribution in [-0.4, -0.2) is 39.2 Å². The summed E-state index contributed by atoms with van der Waals surface area (Å²) >= 11 is 1.68. The number of fused-ring (bicyclic) bond motifs is 1. The van der Waals surface area contributed by atoms with Crippen LogP contribution in [-0.2, 0) is 11.3 Å². The summed E-state index contributed by atoms with van der Waals surface area (Å²) in [5, 5.41) is 4.36. The Bertz CT molecular complexity index is 1390. The predicted molar refractivity (Wildman–Crippen MR) is 144 cm³/mol. The van der Waals surface area contributed by atoms with Gasteiger partial charge in [-0.2, -0.15) is 0 Å². The van der Waals surface area contributed by atoms with Gasteiger partial charge < -0.3 is 14.2 Å². The minimum atomic E-state index is -0.490. The number of carbonyl (C=O) groups excluding carboxylic acids is 1. The maximum atomic E-state index is 12.5. The van der Waals surface area contributed by atoms with Gasteiger partial charge in [-0.25, -0.2) is 9.78 Å². The Morgan fingerprint density at radius 1 is 1.14 bits per heavy atom. The molecule has 1 amide bonds. The Morgan fingerprint density at radius 2 is 1.94 bits per heavy atom. The number of ether oxygens (including phenoxy) is 1. The summed E-state index contributed by atoms with van der Waals surface area (Å²) < 4.78 is 7.90. The maximum absolute atomic E-state index is 12.5. The lowest BCUT2D eigenvalue weighted by atomic mass is 9.98. The van der Waals surface area contributed by atoms with Crippen molar-refractivity contribution in [1.82, 2.24) is 14.5 Å². The summed E-state index contributed by atoms with van der Waals surface area (Å²) in [4.78, 5) is 19.0. The third-order valence-corrected chi connectivity index (χ3v) is 7.16. The smallest absolute Gasteiger partial charge is 0.410 e. The molecule has 180 valence electrons. The zero-order valence-corrected chi connectivity index (χ0v) is 21.6. The van der Waals surface area contributed by atoms with E-state index < -0.39 is 5.60 Å². The van der Waals surface area contributed by atoms with Crippen molar-refractivity contribution in [3.63, 3.8) is 0 Å². The fourth-order valence-electron chi connectivity index (χ4n) is 4.49. The molecule has 1 aliphatic rings. The van der Waals surface area contributed by atoms with Crippen LogP contribution in [0.2, 0.25) is 0 Å². The van der Waals surface area contributed by atoms with Gasteiger partial charge in [-0.1, -0.05) is 36.4 Å². The molecule has 0 N–H and O–H groups in total. The van der Waals surface area contributed by atoms with E-state index in [1.54, 1.807) is 16.2 Å². The van der Waals surface area contributed by atoms with Crippen molar-refractivity contribution >= 4 is 33.9 Å². The number of hydrogen-bond acceptors (Lipinski definition) is 4. The molecule has 0 unspecified atom stereocenters. The Morgan fingerprint density at radius 3 is 2.60 bits per heavy atom. The molecule has 5 nitrogen and oxygen atoms in total. The van der Waals surface area contributed by atoms with Crippen LogP contribution in [0.5, 0.6) is 0 Å². The molecule has 4 aromatic rings. The van der Waals surface area contributed by atoms with E-state index in [0.29, 0.717) is 13.1 Å². The van der Waals surface area contributed by atoms with Gasteiger partial charge in [0.1, 0.15) is 10.6 Å². The Labute approximate surface area is 210 Å². The molecule has 0 atom stereocenters. The van der Waals surface area contributed by atoms with Gasteiger partial charge in [0, 0.05) is 58.9 Å². The van der Waals surface area contributed by atoms with Crippen LogP contribution in [0.25, 0.3) is 27.0 Å². The molecule has 2 aromatic heterocycles. The van der Waals surface area contributed by atoms with Crippen LogP contribution >= 0.6 is 11.3 Å². The van der Waals surface area contributed by atoms with E-state index in [0.717, 1.165) is 29.2 Å². The first kappa shape index (κ1) is 23.4. The van der Waals surface area contributed by atoms with Crippen molar-refractivity contribution in [3.05, 3.63) is 83.0 Å². The number of nitrogens with zero attached hydrogens (tertiary/aromatic N) is 3. The van der Waals surface area contributed by atoms with Crippen molar-refractivity contribution in [2.45, 2.75) is 46.3 Å². The summed E-state index contributed by atoms with van der Waals surface area (Å²) in [6, 6.07) is 17.2. The first-order valence-electron chi connectivity index (χ1n) is 12.0. The first-order chi connectivity index (χ1) is 16.8. The Balaban J connectivity index is 1.51. The molecule has 35 heavy (non-hydrogen) atoms. The zero-order chi connectivity index (χ0) is 24.6. The fraction of sp³-hybridized carbons (Fsp3) is 0.310. The molecule has 0 saturated heterocycles. The van der Waals surface area contributed by atoms with Gasteiger partial charge in [-0.05, 0) is 63.5 Å². The average molecular weight is 486 g/mol. The third kappa shape index (κ3) is 5.17. The second kappa shape index (κ2) is 9.34. The molecule has 0 saturated carbocycles. The molecular formula is C29H31N3O2S. The molecule has 0 radical (unpaired) electrons. The number of aryl methyl sites for hydroxylation is 1. The zero-order valence-electron chi connectivity index (χ0n) is 20.7. The molecule has 1 aliphatic heterocycles. The lowest BCUT2D eigenvalue weighted by molar-refractivity contribution is 0.0270. The largest absolute Gasteiger partial charge is 0.444 e. The number of amides is 1. The Hall–Kier alpha value is -3.38. The van der Waals surface area contributed by atoms with Gasteiger partial charge in [-0.15, -0.1) is 11.3 Å². The number of benzene rings is 2. The van der Waals surface area contributed by atoms with Gasteiger partial charge in [0.15, 0.2) is 0 Å². The van der Waals surface area contributed by atoms with Crippen molar-refractivity contribution in [3.8, 4) is 10.6 Å². The molecule has 0 spiro atoms. The van der Waals surface area contributed by atoms with E-state index in [1.807, 2.05) is 33.8 Å². The van der Waals surface area contributed by atoms with Crippen LogP contribution in [0, 0.1) is 6.92 Å². The first-order valence-corrected chi connectivity index (χ1v) is 12.9. The average Bonchev–Trinajstić information content (AvgIpc) is 3.42. The minimum Gasteiger partial charge on any atom is -0.444 e. The lowest BCUT2D eigenvalue weighted by Gasteiger charge is -2.29. The molecular weight excluding hydrogens is 454 g/mol. The quantitative estimate of drug-likeness (QED) is 0.308. The molecule has 5 rings (SSSR count). The van der Waals surface area contributed by atoms with Crippen molar-refractivity contribution in [2.24, 2.45) is 0 Å². The molecule has 0 bridgehead atoms. The van der Waals surface area contributed by atoms with Crippen LogP contribution in [0.3, 0.4) is 0 Å². The third-order valence-electron chi connectivity index (χ3n) is 6.15. The van der Waals surface area contributed by atoms with E-state index in [4.69, 9.17) is 9.72 Å². The van der Waals surface area contributed by atoms with Gasteiger partial charge in [0.25, 0.3) is 0 Å². The van der Waals surface area contributed by atoms with Crippen LogP contribution in [0.1, 0.15) is 44.0 Å². The number of carbonyl (C=O) groups is 1. The monoisotopic (exact) mass is 485 g/mol.